The lowest BCUT2D eigenvalue weighted by Crippen LogP contribution is -2.39. The molecule has 0 saturated heterocycles. The van der Waals surface area contributed by atoms with E-state index in [2.05, 4.69) is 0 Å². The molecule has 0 fully saturated rings. The lowest BCUT2D eigenvalue weighted by molar-refractivity contribution is -0.116. The van der Waals surface area contributed by atoms with Crippen LogP contribution >= 0.6 is 0 Å². The fourth-order valence-corrected chi connectivity index (χ4v) is 4.21. The van der Waals surface area contributed by atoms with Crippen LogP contribution in [0, 0.1) is 5.41 Å². The number of sulfonamides is 1. The van der Waals surface area contributed by atoms with E-state index >= 15 is 0 Å². The molecule has 23 heavy (non-hydrogen) atoms. The number of benzene rings is 1. The van der Waals surface area contributed by atoms with Gasteiger partial charge in [0.05, 0.1) is 4.90 Å². The maximum atomic E-state index is 12.7. The van der Waals surface area contributed by atoms with Gasteiger partial charge in [-0.15, -0.1) is 0 Å². The Kier molecular flexibility index (Phi) is 4.84. The molecule has 2 rings (SSSR count). The van der Waals surface area contributed by atoms with Crippen LogP contribution in [0.4, 0.5) is 5.69 Å². The average Bonchev–Trinajstić information content (AvgIpc) is 2.89. The van der Waals surface area contributed by atoms with Crippen LogP contribution in [-0.4, -0.2) is 45.3 Å². The highest BCUT2D eigenvalue weighted by molar-refractivity contribution is 7.89. The zero-order valence-electron chi connectivity index (χ0n) is 14.2. The van der Waals surface area contributed by atoms with Crippen molar-refractivity contribution in [2.75, 3.05) is 31.6 Å². The zero-order valence-corrected chi connectivity index (χ0v) is 15.0. The van der Waals surface area contributed by atoms with E-state index in [0.717, 1.165) is 11.3 Å². The van der Waals surface area contributed by atoms with E-state index in [1.54, 1.807) is 30.1 Å². The third kappa shape index (κ3) is 3.57. The second-order valence-corrected chi connectivity index (χ2v) is 8.89. The zero-order chi connectivity index (χ0) is 17.4. The fourth-order valence-electron chi connectivity index (χ4n) is 2.80. The molecule has 1 amide bonds. The number of amides is 1. The maximum absolute atomic E-state index is 12.7. The molecule has 0 radical (unpaired) electrons. The fraction of sp³-hybridized carbons (Fsp3) is 0.562. The summed E-state index contributed by atoms with van der Waals surface area (Å²) in [4.78, 5) is 13.5. The molecule has 1 heterocycles. The molecule has 1 aromatic carbocycles. The van der Waals surface area contributed by atoms with Gasteiger partial charge in [0.1, 0.15) is 0 Å². The summed E-state index contributed by atoms with van der Waals surface area (Å²) >= 11 is 0. The third-order valence-electron chi connectivity index (χ3n) is 4.24. The standard InChI is InChI=1S/C16H25N3O3S/c1-12(20)19-8-7-13-9-14(5-6-15(13)19)23(21,22)18(4)11-16(2,3)10-17/h5-6,9H,7-8,10-11,17H2,1-4H3. The first kappa shape index (κ1) is 17.9. The summed E-state index contributed by atoms with van der Waals surface area (Å²) in [5.41, 5.74) is 7.11. The van der Waals surface area contributed by atoms with E-state index in [1.165, 1.54) is 11.2 Å². The van der Waals surface area contributed by atoms with Gasteiger partial charge in [-0.25, -0.2) is 12.7 Å². The number of carbonyl (C=O) groups is 1. The van der Waals surface area contributed by atoms with Gasteiger partial charge < -0.3 is 10.6 Å². The van der Waals surface area contributed by atoms with Crippen molar-refractivity contribution in [1.82, 2.24) is 4.31 Å². The number of rotatable bonds is 5. The third-order valence-corrected chi connectivity index (χ3v) is 6.04. The van der Waals surface area contributed by atoms with Gasteiger partial charge in [0.25, 0.3) is 0 Å². The van der Waals surface area contributed by atoms with E-state index in [0.29, 0.717) is 26.1 Å². The van der Waals surface area contributed by atoms with Crippen LogP contribution in [0.25, 0.3) is 0 Å². The van der Waals surface area contributed by atoms with Crippen molar-refractivity contribution in [2.24, 2.45) is 11.1 Å². The van der Waals surface area contributed by atoms with Crippen LogP contribution < -0.4 is 10.6 Å². The summed E-state index contributed by atoms with van der Waals surface area (Å²) in [6, 6.07) is 4.97. The monoisotopic (exact) mass is 339 g/mol. The molecule has 2 N–H and O–H groups in total. The highest BCUT2D eigenvalue weighted by Crippen LogP contribution is 2.31. The van der Waals surface area contributed by atoms with Gasteiger partial charge in [0, 0.05) is 32.7 Å². The van der Waals surface area contributed by atoms with Gasteiger partial charge in [-0.3, -0.25) is 4.79 Å². The van der Waals surface area contributed by atoms with Crippen LogP contribution in [0.1, 0.15) is 26.3 Å². The van der Waals surface area contributed by atoms with E-state index in [4.69, 9.17) is 5.73 Å². The Balaban J connectivity index is 2.30. The minimum Gasteiger partial charge on any atom is -0.330 e. The summed E-state index contributed by atoms with van der Waals surface area (Å²) in [6.07, 6.45) is 0.677. The Morgan fingerprint density at radius 2 is 2.04 bits per heavy atom. The molecule has 0 aromatic heterocycles. The van der Waals surface area contributed by atoms with E-state index < -0.39 is 10.0 Å². The molecule has 1 aromatic rings. The second-order valence-electron chi connectivity index (χ2n) is 6.84. The Hall–Kier alpha value is -1.44. The normalized spacial score (nSPS) is 15.1. The number of carbonyl (C=O) groups excluding carboxylic acids is 1. The molecule has 0 aliphatic carbocycles. The SMILES string of the molecule is CC(=O)N1CCc2cc(S(=O)(=O)N(C)CC(C)(C)CN)ccc21. The summed E-state index contributed by atoms with van der Waals surface area (Å²) < 4.78 is 26.8. The number of hydrogen-bond donors (Lipinski definition) is 1. The first-order chi connectivity index (χ1) is 10.6. The average molecular weight is 339 g/mol. The first-order valence-corrected chi connectivity index (χ1v) is 9.10. The maximum Gasteiger partial charge on any atom is 0.242 e. The Morgan fingerprint density at radius 1 is 1.39 bits per heavy atom. The molecule has 1 aliphatic heterocycles. The van der Waals surface area contributed by atoms with Crippen molar-refractivity contribution in [1.29, 1.82) is 0 Å². The largest absolute Gasteiger partial charge is 0.330 e. The summed E-state index contributed by atoms with van der Waals surface area (Å²) in [7, 11) is -2.00. The smallest absolute Gasteiger partial charge is 0.242 e. The molecule has 0 atom stereocenters. The molecule has 0 saturated carbocycles. The van der Waals surface area contributed by atoms with Gasteiger partial charge in [0.2, 0.25) is 15.9 Å². The van der Waals surface area contributed by atoms with Crippen molar-refractivity contribution < 1.29 is 13.2 Å². The van der Waals surface area contributed by atoms with Crippen molar-refractivity contribution in [3.8, 4) is 0 Å². The molecule has 6 nitrogen and oxygen atoms in total. The van der Waals surface area contributed by atoms with Crippen LogP contribution in [0.15, 0.2) is 23.1 Å². The van der Waals surface area contributed by atoms with Crippen molar-refractivity contribution in [2.45, 2.75) is 32.1 Å². The van der Waals surface area contributed by atoms with Crippen LogP contribution in [0.5, 0.6) is 0 Å². The van der Waals surface area contributed by atoms with Gasteiger partial charge in [-0.2, -0.15) is 0 Å². The van der Waals surface area contributed by atoms with Crippen LogP contribution in [-0.2, 0) is 21.2 Å². The lowest BCUT2D eigenvalue weighted by Gasteiger charge is -2.28. The summed E-state index contributed by atoms with van der Waals surface area (Å²) in [5.74, 6) is -0.0267. The minimum absolute atomic E-state index is 0.0267. The first-order valence-electron chi connectivity index (χ1n) is 7.66. The summed E-state index contributed by atoms with van der Waals surface area (Å²) in [5, 5.41) is 0. The van der Waals surface area contributed by atoms with E-state index in [9.17, 15) is 13.2 Å². The van der Waals surface area contributed by atoms with Gasteiger partial charge in [-0.1, -0.05) is 13.8 Å². The van der Waals surface area contributed by atoms with Crippen molar-refractivity contribution in [3.05, 3.63) is 23.8 Å². The Labute approximate surface area is 138 Å². The summed E-state index contributed by atoms with van der Waals surface area (Å²) in [6.45, 7) is 6.75. The number of nitrogens with zero attached hydrogens (tertiary/aromatic N) is 2. The highest BCUT2D eigenvalue weighted by atomic mass is 32.2. The molecule has 1 aliphatic rings. The van der Waals surface area contributed by atoms with Gasteiger partial charge >= 0.3 is 0 Å². The van der Waals surface area contributed by atoms with Gasteiger partial charge in [-0.05, 0) is 42.1 Å². The molecule has 0 unspecified atom stereocenters. The lowest BCUT2D eigenvalue weighted by atomic mass is 9.94. The van der Waals surface area contributed by atoms with E-state index in [1.807, 2.05) is 13.8 Å². The predicted molar refractivity (Wildman–Crippen MR) is 90.8 cm³/mol. The topological polar surface area (TPSA) is 83.7 Å². The molecular formula is C16H25N3O3S. The molecule has 128 valence electrons. The van der Waals surface area contributed by atoms with E-state index in [-0.39, 0.29) is 16.2 Å². The van der Waals surface area contributed by atoms with Crippen LogP contribution in [0.3, 0.4) is 0 Å². The predicted octanol–water partition coefficient (Wildman–Crippen LogP) is 1.20. The number of nitrogens with two attached hydrogens (primary N) is 1. The molecule has 0 bridgehead atoms. The highest BCUT2D eigenvalue weighted by Gasteiger charge is 2.29. The number of anilines is 1. The molecule has 7 heteroatoms. The van der Waals surface area contributed by atoms with Gasteiger partial charge in [0.15, 0.2) is 0 Å². The minimum atomic E-state index is -3.57. The Morgan fingerprint density at radius 3 is 2.61 bits per heavy atom. The quantitative estimate of drug-likeness (QED) is 0.874. The second kappa shape index (κ2) is 6.22. The molecular weight excluding hydrogens is 314 g/mol. The number of fused-ring (bicyclic) bond motifs is 1. The van der Waals surface area contributed by atoms with Crippen molar-refractivity contribution >= 4 is 21.6 Å². The van der Waals surface area contributed by atoms with Crippen LogP contribution in [0.2, 0.25) is 0 Å². The number of hydrogen-bond acceptors (Lipinski definition) is 4. The molecule has 0 spiro atoms. The van der Waals surface area contributed by atoms with Crippen molar-refractivity contribution in [3.63, 3.8) is 0 Å². The Bertz CT molecular complexity index is 713.